The van der Waals surface area contributed by atoms with Crippen LogP contribution in [0.4, 0.5) is 5.69 Å². The molecule has 3 aromatic rings. The van der Waals surface area contributed by atoms with Gasteiger partial charge in [0, 0.05) is 10.7 Å². The molecule has 1 amide bonds. The molecule has 0 saturated heterocycles. The van der Waals surface area contributed by atoms with Gasteiger partial charge in [0.1, 0.15) is 5.52 Å². The van der Waals surface area contributed by atoms with E-state index >= 15 is 0 Å². The van der Waals surface area contributed by atoms with Crippen molar-refractivity contribution in [3.63, 3.8) is 0 Å². The lowest BCUT2D eigenvalue weighted by Crippen LogP contribution is -2.21. The van der Waals surface area contributed by atoms with Crippen LogP contribution in [0, 0.1) is 0 Å². The maximum atomic E-state index is 12.1. The number of halogens is 1. The van der Waals surface area contributed by atoms with E-state index in [-0.39, 0.29) is 5.56 Å². The fourth-order valence-electron chi connectivity index (χ4n) is 2.02. The topological polar surface area (TPSA) is 81.4 Å². The molecule has 7 heteroatoms. The van der Waals surface area contributed by atoms with Gasteiger partial charge in [-0.1, -0.05) is 23.7 Å². The van der Waals surface area contributed by atoms with Crippen molar-refractivity contribution in [2.75, 3.05) is 11.9 Å². The predicted molar refractivity (Wildman–Crippen MR) is 84.4 cm³/mol. The van der Waals surface area contributed by atoms with Gasteiger partial charge in [0.15, 0.2) is 18.6 Å². The lowest BCUT2D eigenvalue weighted by Gasteiger charge is -2.07. The summed E-state index contributed by atoms with van der Waals surface area (Å²) in [6.45, 7) is -0.417. The van der Waals surface area contributed by atoms with Crippen molar-refractivity contribution in [2.24, 2.45) is 0 Å². The number of oxazole rings is 1. The molecule has 0 saturated carbocycles. The largest absolute Gasteiger partial charge is 0.452 e. The zero-order chi connectivity index (χ0) is 16.2. The Balaban J connectivity index is 1.62. The summed E-state index contributed by atoms with van der Waals surface area (Å²) in [4.78, 5) is 27.8. The summed E-state index contributed by atoms with van der Waals surface area (Å²) >= 11 is 5.83. The summed E-state index contributed by atoms with van der Waals surface area (Å²) in [5.41, 5.74) is 1.64. The van der Waals surface area contributed by atoms with E-state index in [1.807, 2.05) is 0 Å². The number of nitrogens with zero attached hydrogens (tertiary/aromatic N) is 1. The first kappa shape index (κ1) is 15.1. The number of aromatic nitrogens is 1. The quantitative estimate of drug-likeness (QED) is 0.742. The van der Waals surface area contributed by atoms with E-state index in [0.29, 0.717) is 21.8 Å². The van der Waals surface area contributed by atoms with Crippen LogP contribution in [0.15, 0.2) is 53.3 Å². The third kappa shape index (κ3) is 3.49. The minimum atomic E-state index is -0.647. The van der Waals surface area contributed by atoms with E-state index in [2.05, 4.69) is 10.3 Å². The molecule has 2 aromatic carbocycles. The van der Waals surface area contributed by atoms with Crippen molar-refractivity contribution in [3.8, 4) is 0 Å². The van der Waals surface area contributed by atoms with Gasteiger partial charge in [-0.3, -0.25) is 4.79 Å². The summed E-state index contributed by atoms with van der Waals surface area (Å²) in [5, 5.41) is 3.08. The number of carbonyl (C=O) groups excluding carboxylic acids is 2. The van der Waals surface area contributed by atoms with E-state index in [4.69, 9.17) is 20.8 Å². The van der Waals surface area contributed by atoms with Crippen molar-refractivity contribution in [2.45, 2.75) is 0 Å². The molecule has 0 bridgehead atoms. The van der Waals surface area contributed by atoms with Crippen LogP contribution in [0.25, 0.3) is 11.1 Å². The lowest BCUT2D eigenvalue weighted by atomic mass is 10.2. The van der Waals surface area contributed by atoms with Crippen molar-refractivity contribution in [1.29, 1.82) is 0 Å². The van der Waals surface area contributed by atoms with Crippen LogP contribution in [0.3, 0.4) is 0 Å². The van der Waals surface area contributed by atoms with E-state index in [0.717, 1.165) is 0 Å². The standard InChI is InChI=1S/C16H11ClN2O4/c17-10-3-1-4-11(7-10)19-14(20)8-22-16(21)12-5-2-6-13-15(12)18-9-23-13/h1-7,9H,8H2,(H,19,20). The van der Waals surface area contributed by atoms with Gasteiger partial charge >= 0.3 is 5.97 Å². The second-order valence-corrected chi connectivity index (χ2v) is 5.08. The molecule has 3 rings (SSSR count). The average Bonchev–Trinajstić information content (AvgIpc) is 3.01. The van der Waals surface area contributed by atoms with Gasteiger partial charge in [-0.2, -0.15) is 0 Å². The first-order valence-electron chi connectivity index (χ1n) is 6.68. The molecule has 1 heterocycles. The van der Waals surface area contributed by atoms with Crippen LogP contribution >= 0.6 is 11.6 Å². The molecule has 0 aliphatic heterocycles. The van der Waals surface area contributed by atoms with Crippen molar-refractivity contribution >= 4 is 40.3 Å². The van der Waals surface area contributed by atoms with Gasteiger partial charge in [0.25, 0.3) is 5.91 Å². The van der Waals surface area contributed by atoms with Crippen LogP contribution in [-0.2, 0) is 9.53 Å². The lowest BCUT2D eigenvalue weighted by molar-refractivity contribution is -0.119. The number of amides is 1. The third-order valence-corrected chi connectivity index (χ3v) is 3.26. The van der Waals surface area contributed by atoms with E-state index in [9.17, 15) is 9.59 Å². The minimum absolute atomic E-state index is 0.242. The maximum absolute atomic E-state index is 12.1. The normalized spacial score (nSPS) is 10.5. The first-order valence-corrected chi connectivity index (χ1v) is 7.06. The zero-order valence-electron chi connectivity index (χ0n) is 11.8. The monoisotopic (exact) mass is 330 g/mol. The summed E-state index contributed by atoms with van der Waals surface area (Å²) in [6, 6.07) is 11.6. The Morgan fingerprint density at radius 1 is 1.22 bits per heavy atom. The molecular formula is C16H11ClN2O4. The Hall–Kier alpha value is -2.86. The highest BCUT2D eigenvalue weighted by Gasteiger charge is 2.15. The molecule has 0 spiro atoms. The van der Waals surface area contributed by atoms with Gasteiger partial charge in [-0.05, 0) is 30.3 Å². The molecule has 0 radical (unpaired) electrons. The number of para-hydroxylation sites is 1. The number of anilines is 1. The Morgan fingerprint density at radius 3 is 2.87 bits per heavy atom. The highest BCUT2D eigenvalue weighted by molar-refractivity contribution is 6.30. The molecule has 0 unspecified atom stereocenters. The fraction of sp³-hybridized carbons (Fsp3) is 0.0625. The molecule has 6 nitrogen and oxygen atoms in total. The van der Waals surface area contributed by atoms with E-state index < -0.39 is 18.5 Å². The Morgan fingerprint density at radius 2 is 2.04 bits per heavy atom. The van der Waals surface area contributed by atoms with Gasteiger partial charge in [-0.25, -0.2) is 9.78 Å². The summed E-state index contributed by atoms with van der Waals surface area (Å²) in [6.07, 6.45) is 1.24. The number of esters is 1. The number of benzene rings is 2. The Bertz CT molecular complexity index is 875. The second kappa shape index (κ2) is 6.50. The highest BCUT2D eigenvalue weighted by Crippen LogP contribution is 2.18. The number of carbonyl (C=O) groups is 2. The minimum Gasteiger partial charge on any atom is -0.452 e. The number of ether oxygens (including phenoxy) is 1. The molecule has 116 valence electrons. The van der Waals surface area contributed by atoms with Gasteiger partial charge < -0.3 is 14.5 Å². The molecule has 1 aromatic heterocycles. The van der Waals surface area contributed by atoms with Crippen LogP contribution < -0.4 is 5.32 Å². The highest BCUT2D eigenvalue weighted by atomic mass is 35.5. The predicted octanol–water partition coefficient (Wildman–Crippen LogP) is 3.28. The van der Waals surface area contributed by atoms with Gasteiger partial charge in [-0.15, -0.1) is 0 Å². The van der Waals surface area contributed by atoms with Crippen molar-refractivity contribution in [1.82, 2.24) is 4.98 Å². The number of nitrogens with one attached hydrogen (secondary N) is 1. The average molecular weight is 331 g/mol. The summed E-state index contributed by atoms with van der Waals surface area (Å²) in [7, 11) is 0. The number of hydrogen-bond donors (Lipinski definition) is 1. The smallest absolute Gasteiger partial charge is 0.340 e. The Labute approximate surface area is 136 Å². The molecule has 0 aliphatic rings. The van der Waals surface area contributed by atoms with Crippen LogP contribution in [-0.4, -0.2) is 23.5 Å². The Kier molecular flexibility index (Phi) is 4.25. The fourth-order valence-corrected chi connectivity index (χ4v) is 2.21. The van der Waals surface area contributed by atoms with Gasteiger partial charge in [0.05, 0.1) is 5.56 Å². The van der Waals surface area contributed by atoms with Crippen LogP contribution in [0.5, 0.6) is 0 Å². The molecule has 23 heavy (non-hydrogen) atoms. The second-order valence-electron chi connectivity index (χ2n) is 4.64. The first-order chi connectivity index (χ1) is 11.1. The van der Waals surface area contributed by atoms with E-state index in [1.54, 1.807) is 42.5 Å². The van der Waals surface area contributed by atoms with Crippen molar-refractivity contribution < 1.29 is 18.7 Å². The van der Waals surface area contributed by atoms with Crippen LogP contribution in [0.2, 0.25) is 5.02 Å². The number of hydrogen-bond acceptors (Lipinski definition) is 5. The van der Waals surface area contributed by atoms with E-state index in [1.165, 1.54) is 6.39 Å². The number of rotatable bonds is 4. The van der Waals surface area contributed by atoms with Crippen LogP contribution in [0.1, 0.15) is 10.4 Å². The van der Waals surface area contributed by atoms with Crippen molar-refractivity contribution in [3.05, 3.63) is 59.4 Å². The molecule has 0 atom stereocenters. The zero-order valence-corrected chi connectivity index (χ0v) is 12.5. The third-order valence-electron chi connectivity index (χ3n) is 3.02. The molecule has 0 fully saturated rings. The SMILES string of the molecule is O=C(COC(=O)c1cccc2ocnc12)Nc1cccc(Cl)c1. The molecular weight excluding hydrogens is 320 g/mol. The molecule has 0 aliphatic carbocycles. The number of fused-ring (bicyclic) bond motifs is 1. The summed E-state index contributed by atoms with van der Waals surface area (Å²) in [5.74, 6) is -1.11. The molecule has 1 N–H and O–H groups in total. The maximum Gasteiger partial charge on any atom is 0.340 e. The van der Waals surface area contributed by atoms with Gasteiger partial charge in [0.2, 0.25) is 0 Å². The summed E-state index contributed by atoms with van der Waals surface area (Å²) < 4.78 is 10.1.